The molecule has 8 heteroatoms. The second-order valence-corrected chi connectivity index (χ2v) is 8.38. The molecule has 0 aliphatic carbocycles. The smallest absolute Gasteiger partial charge is 0.411 e. The first kappa shape index (κ1) is 22.7. The molecule has 0 saturated carbocycles. The molecule has 0 spiro atoms. The summed E-state index contributed by atoms with van der Waals surface area (Å²) in [5, 5.41) is 0. The SMILES string of the molecule is COC(=O)C1c2cccc(N(C)C(=O)CN(C)C)c2CCN1C(=O)OC(C)(C)C. The number of benzene rings is 1. The Balaban J connectivity index is 2.45. The van der Waals surface area contributed by atoms with Crippen molar-refractivity contribution in [3.8, 4) is 0 Å². The molecule has 8 nitrogen and oxygen atoms in total. The van der Waals surface area contributed by atoms with Gasteiger partial charge in [0.05, 0.1) is 13.7 Å². The van der Waals surface area contributed by atoms with Gasteiger partial charge in [0.2, 0.25) is 5.91 Å². The molecule has 0 aromatic heterocycles. The Labute approximate surface area is 172 Å². The number of amides is 2. The minimum absolute atomic E-state index is 0.0624. The van der Waals surface area contributed by atoms with Crippen LogP contribution in [0.15, 0.2) is 18.2 Å². The molecule has 2 amide bonds. The van der Waals surface area contributed by atoms with E-state index < -0.39 is 23.7 Å². The number of fused-ring (bicyclic) bond motifs is 1. The highest BCUT2D eigenvalue weighted by Crippen LogP contribution is 2.36. The monoisotopic (exact) mass is 405 g/mol. The molecule has 160 valence electrons. The molecule has 1 aliphatic rings. The number of carbonyl (C=O) groups is 3. The highest BCUT2D eigenvalue weighted by Gasteiger charge is 2.40. The fourth-order valence-electron chi connectivity index (χ4n) is 3.36. The van der Waals surface area contributed by atoms with E-state index in [2.05, 4.69) is 0 Å². The molecule has 1 atom stereocenters. The molecule has 0 bridgehead atoms. The highest BCUT2D eigenvalue weighted by molar-refractivity contribution is 5.96. The van der Waals surface area contributed by atoms with E-state index in [-0.39, 0.29) is 19.0 Å². The number of carbonyl (C=O) groups excluding carboxylic acids is 3. The Hall–Kier alpha value is -2.61. The van der Waals surface area contributed by atoms with Crippen molar-refractivity contribution >= 4 is 23.7 Å². The molecule has 2 rings (SSSR count). The van der Waals surface area contributed by atoms with Crippen LogP contribution in [0.4, 0.5) is 10.5 Å². The van der Waals surface area contributed by atoms with Crippen LogP contribution in [-0.4, -0.2) is 74.7 Å². The summed E-state index contributed by atoms with van der Waals surface area (Å²) in [5.74, 6) is -0.608. The van der Waals surface area contributed by atoms with Gasteiger partial charge in [-0.15, -0.1) is 0 Å². The van der Waals surface area contributed by atoms with Crippen molar-refractivity contribution < 1.29 is 23.9 Å². The van der Waals surface area contributed by atoms with Crippen LogP contribution in [0.2, 0.25) is 0 Å². The summed E-state index contributed by atoms with van der Waals surface area (Å²) in [6.07, 6.45) is -0.0707. The quantitative estimate of drug-likeness (QED) is 0.715. The Kier molecular flexibility index (Phi) is 6.89. The van der Waals surface area contributed by atoms with Crippen molar-refractivity contribution in [2.75, 3.05) is 46.2 Å². The molecular formula is C21H31N3O5. The van der Waals surface area contributed by atoms with Crippen LogP contribution >= 0.6 is 0 Å². The summed E-state index contributed by atoms with van der Waals surface area (Å²) in [4.78, 5) is 42.7. The third kappa shape index (κ3) is 5.26. The van der Waals surface area contributed by atoms with Gasteiger partial charge in [0.1, 0.15) is 5.60 Å². The van der Waals surface area contributed by atoms with E-state index in [1.807, 2.05) is 20.2 Å². The molecule has 29 heavy (non-hydrogen) atoms. The number of rotatable bonds is 4. The first-order chi connectivity index (χ1) is 13.5. The molecule has 1 heterocycles. The average molecular weight is 405 g/mol. The number of anilines is 1. The predicted octanol–water partition coefficient (Wildman–Crippen LogP) is 2.22. The lowest BCUT2D eigenvalue weighted by Crippen LogP contribution is -2.46. The summed E-state index contributed by atoms with van der Waals surface area (Å²) in [6, 6.07) is 4.50. The minimum Gasteiger partial charge on any atom is -0.467 e. The second-order valence-electron chi connectivity index (χ2n) is 8.38. The van der Waals surface area contributed by atoms with Gasteiger partial charge < -0.3 is 19.3 Å². The highest BCUT2D eigenvalue weighted by atomic mass is 16.6. The van der Waals surface area contributed by atoms with E-state index in [1.165, 1.54) is 12.0 Å². The molecule has 0 radical (unpaired) electrons. The van der Waals surface area contributed by atoms with Gasteiger partial charge in [0.25, 0.3) is 0 Å². The number of hydrogen-bond donors (Lipinski definition) is 0. The van der Waals surface area contributed by atoms with Gasteiger partial charge >= 0.3 is 12.1 Å². The van der Waals surface area contributed by atoms with Crippen LogP contribution in [0, 0.1) is 0 Å². The number of esters is 1. The zero-order valence-corrected chi connectivity index (χ0v) is 18.3. The van der Waals surface area contributed by atoms with Crippen molar-refractivity contribution in [1.82, 2.24) is 9.80 Å². The minimum atomic E-state index is -0.920. The molecule has 0 saturated heterocycles. The predicted molar refractivity (Wildman–Crippen MR) is 110 cm³/mol. The Morgan fingerprint density at radius 2 is 1.83 bits per heavy atom. The maximum absolute atomic E-state index is 12.7. The lowest BCUT2D eigenvalue weighted by molar-refractivity contribution is -0.147. The van der Waals surface area contributed by atoms with Crippen LogP contribution in [0.5, 0.6) is 0 Å². The van der Waals surface area contributed by atoms with E-state index in [1.54, 1.807) is 49.8 Å². The van der Waals surface area contributed by atoms with E-state index in [0.29, 0.717) is 12.0 Å². The van der Waals surface area contributed by atoms with Crippen molar-refractivity contribution in [2.45, 2.75) is 38.8 Å². The molecular weight excluding hydrogens is 374 g/mol. The molecule has 1 aliphatic heterocycles. The van der Waals surface area contributed by atoms with E-state index >= 15 is 0 Å². The third-order valence-corrected chi connectivity index (χ3v) is 4.64. The number of methoxy groups -OCH3 is 1. The van der Waals surface area contributed by atoms with Crippen LogP contribution in [0.25, 0.3) is 0 Å². The van der Waals surface area contributed by atoms with Crippen LogP contribution in [-0.2, 0) is 25.5 Å². The topological polar surface area (TPSA) is 79.4 Å². The van der Waals surface area contributed by atoms with Gasteiger partial charge in [-0.25, -0.2) is 9.59 Å². The third-order valence-electron chi connectivity index (χ3n) is 4.64. The number of likely N-dealkylation sites (N-methyl/N-ethyl adjacent to an activating group) is 2. The van der Waals surface area contributed by atoms with Crippen molar-refractivity contribution in [3.05, 3.63) is 29.3 Å². The van der Waals surface area contributed by atoms with Crippen LogP contribution in [0.3, 0.4) is 0 Å². The normalized spacial score (nSPS) is 16.3. The Morgan fingerprint density at radius 1 is 1.17 bits per heavy atom. The van der Waals surface area contributed by atoms with Crippen LogP contribution < -0.4 is 4.90 Å². The van der Waals surface area contributed by atoms with Crippen LogP contribution in [0.1, 0.15) is 37.9 Å². The van der Waals surface area contributed by atoms with Gasteiger partial charge in [-0.05, 0) is 58.5 Å². The lowest BCUT2D eigenvalue weighted by Gasteiger charge is -2.37. The zero-order valence-electron chi connectivity index (χ0n) is 18.3. The van der Waals surface area contributed by atoms with E-state index in [0.717, 1.165) is 11.3 Å². The zero-order chi connectivity index (χ0) is 21.9. The fourth-order valence-corrected chi connectivity index (χ4v) is 3.36. The standard InChI is InChI=1S/C21H31N3O5/c1-21(2,3)29-20(27)24-12-11-14-15(18(24)19(26)28-7)9-8-10-16(14)23(6)17(25)13-22(4)5/h8-10,18H,11-13H2,1-7H3. The largest absolute Gasteiger partial charge is 0.467 e. The Morgan fingerprint density at radius 3 is 2.38 bits per heavy atom. The molecule has 1 unspecified atom stereocenters. The second kappa shape index (κ2) is 8.82. The molecule has 1 aromatic rings. The molecule has 0 N–H and O–H groups in total. The summed E-state index contributed by atoms with van der Waals surface area (Å²) in [6.45, 7) is 5.89. The summed E-state index contributed by atoms with van der Waals surface area (Å²) >= 11 is 0. The van der Waals surface area contributed by atoms with Gasteiger partial charge in [-0.3, -0.25) is 9.69 Å². The number of nitrogens with zero attached hydrogens (tertiary/aromatic N) is 3. The summed E-state index contributed by atoms with van der Waals surface area (Å²) < 4.78 is 10.5. The average Bonchev–Trinajstić information content (AvgIpc) is 2.63. The van der Waals surface area contributed by atoms with Crippen molar-refractivity contribution in [2.24, 2.45) is 0 Å². The van der Waals surface area contributed by atoms with Gasteiger partial charge in [-0.1, -0.05) is 12.1 Å². The fraction of sp³-hybridized carbons (Fsp3) is 0.571. The lowest BCUT2D eigenvalue weighted by atomic mass is 9.91. The van der Waals surface area contributed by atoms with Gasteiger partial charge in [0.15, 0.2) is 6.04 Å². The Bertz CT molecular complexity index is 785. The summed E-state index contributed by atoms with van der Waals surface area (Å²) in [5.41, 5.74) is 1.55. The molecule has 1 aromatic carbocycles. The maximum atomic E-state index is 12.7. The van der Waals surface area contributed by atoms with Gasteiger partial charge in [-0.2, -0.15) is 0 Å². The van der Waals surface area contributed by atoms with Crippen molar-refractivity contribution in [3.63, 3.8) is 0 Å². The molecule has 0 fully saturated rings. The maximum Gasteiger partial charge on any atom is 0.411 e. The van der Waals surface area contributed by atoms with E-state index in [4.69, 9.17) is 9.47 Å². The first-order valence-corrected chi connectivity index (χ1v) is 9.56. The van der Waals surface area contributed by atoms with Gasteiger partial charge in [0, 0.05) is 19.3 Å². The summed E-state index contributed by atoms with van der Waals surface area (Å²) in [7, 11) is 6.67. The first-order valence-electron chi connectivity index (χ1n) is 9.56. The number of ether oxygens (including phenoxy) is 2. The van der Waals surface area contributed by atoms with E-state index in [9.17, 15) is 14.4 Å². The van der Waals surface area contributed by atoms with Crippen molar-refractivity contribution in [1.29, 1.82) is 0 Å². The number of hydrogen-bond acceptors (Lipinski definition) is 6.